The molecule has 2 aromatic carbocycles. The van der Waals surface area contributed by atoms with Crippen LogP contribution in [-0.4, -0.2) is 39.2 Å². The molecule has 0 bridgehead atoms. The Morgan fingerprint density at radius 1 is 1.00 bits per heavy atom. The van der Waals surface area contributed by atoms with Crippen molar-refractivity contribution in [3.05, 3.63) is 52.5 Å². The molecule has 1 aromatic heterocycles. The number of rotatable bonds is 5. The average molecular weight is 452 g/mol. The van der Waals surface area contributed by atoms with Crippen LogP contribution in [0.3, 0.4) is 0 Å². The normalized spacial score (nSPS) is 16.0. The standard InChI is InChI=1S/C19H21N3O6S2/c1-13-5-6-14(11-18(13)30(26,27)22-9-3-2-4-10-22)21-29(24,25)15-7-8-16-17(12-15)28-19(23)20-16/h5-8,11-12,21H,2-4,9-10H2,1H3,(H,20,23). The number of benzene rings is 2. The summed E-state index contributed by atoms with van der Waals surface area (Å²) in [5.41, 5.74) is 1.16. The summed E-state index contributed by atoms with van der Waals surface area (Å²) in [4.78, 5) is 13.7. The number of aromatic amines is 1. The molecule has 0 atom stereocenters. The highest BCUT2D eigenvalue weighted by atomic mass is 32.2. The Kier molecular flexibility index (Phi) is 5.20. The number of oxazole rings is 1. The molecular formula is C19H21N3O6S2. The molecule has 9 nitrogen and oxygen atoms in total. The van der Waals surface area contributed by atoms with E-state index in [4.69, 9.17) is 4.42 Å². The summed E-state index contributed by atoms with van der Waals surface area (Å²) in [6.07, 6.45) is 2.61. The first-order valence-electron chi connectivity index (χ1n) is 9.43. The summed E-state index contributed by atoms with van der Waals surface area (Å²) in [6, 6.07) is 8.41. The first-order chi connectivity index (χ1) is 14.2. The third-order valence-corrected chi connectivity index (χ3v) is 8.50. The molecule has 2 N–H and O–H groups in total. The van der Waals surface area contributed by atoms with Crippen LogP contribution in [0.1, 0.15) is 24.8 Å². The van der Waals surface area contributed by atoms with Crippen LogP contribution in [0, 0.1) is 6.92 Å². The van der Waals surface area contributed by atoms with Gasteiger partial charge in [-0.3, -0.25) is 9.71 Å². The molecule has 0 unspecified atom stereocenters. The van der Waals surface area contributed by atoms with E-state index in [2.05, 4.69) is 9.71 Å². The molecule has 3 aromatic rings. The monoisotopic (exact) mass is 451 g/mol. The number of nitrogens with one attached hydrogen (secondary N) is 2. The Labute approximate surface area is 173 Å². The van der Waals surface area contributed by atoms with Crippen LogP contribution in [0.15, 0.2) is 55.4 Å². The third-order valence-electron chi connectivity index (χ3n) is 5.08. The Hall–Kier alpha value is -2.63. The van der Waals surface area contributed by atoms with Gasteiger partial charge in [-0.05, 0) is 49.6 Å². The molecule has 1 fully saturated rings. The second-order valence-corrected chi connectivity index (χ2v) is 10.8. The molecule has 1 aliphatic heterocycles. The van der Waals surface area contributed by atoms with Crippen molar-refractivity contribution >= 4 is 36.8 Å². The molecule has 0 saturated carbocycles. The van der Waals surface area contributed by atoms with Gasteiger partial charge in [-0.1, -0.05) is 12.5 Å². The maximum atomic E-state index is 13.0. The first kappa shape index (κ1) is 20.6. The zero-order valence-electron chi connectivity index (χ0n) is 16.2. The molecule has 2 heterocycles. The largest absolute Gasteiger partial charge is 0.417 e. The van der Waals surface area contributed by atoms with E-state index in [9.17, 15) is 21.6 Å². The number of nitrogens with zero attached hydrogens (tertiary/aromatic N) is 1. The predicted octanol–water partition coefficient (Wildman–Crippen LogP) is 2.40. The van der Waals surface area contributed by atoms with Gasteiger partial charge in [0, 0.05) is 19.2 Å². The van der Waals surface area contributed by atoms with Crippen molar-refractivity contribution < 1.29 is 21.3 Å². The third kappa shape index (κ3) is 3.87. The summed E-state index contributed by atoms with van der Waals surface area (Å²) in [6.45, 7) is 2.59. The molecule has 11 heteroatoms. The Balaban J connectivity index is 1.67. The lowest BCUT2D eigenvalue weighted by atomic mass is 10.2. The van der Waals surface area contributed by atoms with Crippen molar-refractivity contribution in [2.45, 2.75) is 36.0 Å². The Morgan fingerprint density at radius 3 is 2.47 bits per heavy atom. The van der Waals surface area contributed by atoms with E-state index in [1.807, 2.05) is 0 Å². The van der Waals surface area contributed by atoms with E-state index >= 15 is 0 Å². The highest BCUT2D eigenvalue weighted by Gasteiger charge is 2.28. The van der Waals surface area contributed by atoms with Gasteiger partial charge in [-0.2, -0.15) is 4.31 Å². The Morgan fingerprint density at radius 2 is 1.73 bits per heavy atom. The van der Waals surface area contributed by atoms with Gasteiger partial charge >= 0.3 is 5.76 Å². The smallest absolute Gasteiger partial charge is 0.408 e. The number of hydrogen-bond donors (Lipinski definition) is 2. The minimum absolute atomic E-state index is 0.0803. The lowest BCUT2D eigenvalue weighted by Crippen LogP contribution is -2.36. The first-order valence-corrected chi connectivity index (χ1v) is 12.4. The van der Waals surface area contributed by atoms with Crippen LogP contribution in [0.2, 0.25) is 0 Å². The van der Waals surface area contributed by atoms with Crippen LogP contribution < -0.4 is 10.5 Å². The lowest BCUT2D eigenvalue weighted by Gasteiger charge is -2.26. The maximum Gasteiger partial charge on any atom is 0.417 e. The second-order valence-electron chi connectivity index (χ2n) is 7.22. The lowest BCUT2D eigenvalue weighted by molar-refractivity contribution is 0.346. The van der Waals surface area contributed by atoms with Crippen molar-refractivity contribution in [1.82, 2.24) is 9.29 Å². The summed E-state index contributed by atoms with van der Waals surface area (Å²) >= 11 is 0. The molecule has 1 saturated heterocycles. The van der Waals surface area contributed by atoms with Crippen molar-refractivity contribution in [3.8, 4) is 0 Å². The van der Waals surface area contributed by atoms with E-state index in [-0.39, 0.29) is 21.1 Å². The van der Waals surface area contributed by atoms with Crippen LogP contribution in [0.25, 0.3) is 11.1 Å². The molecule has 0 spiro atoms. The fourth-order valence-electron chi connectivity index (χ4n) is 3.49. The second kappa shape index (κ2) is 7.56. The number of sulfonamides is 2. The zero-order chi connectivity index (χ0) is 21.5. The van der Waals surface area contributed by atoms with Gasteiger partial charge in [-0.25, -0.2) is 21.6 Å². The number of fused-ring (bicyclic) bond motifs is 1. The summed E-state index contributed by atoms with van der Waals surface area (Å²) in [7, 11) is -7.75. The summed E-state index contributed by atoms with van der Waals surface area (Å²) in [5, 5.41) is 0. The van der Waals surface area contributed by atoms with Crippen molar-refractivity contribution in [2.24, 2.45) is 0 Å². The summed E-state index contributed by atoms with van der Waals surface area (Å²) < 4.78 is 60.5. The van der Waals surface area contributed by atoms with Crippen molar-refractivity contribution in [1.29, 1.82) is 0 Å². The van der Waals surface area contributed by atoms with Gasteiger partial charge in [0.15, 0.2) is 5.58 Å². The van der Waals surface area contributed by atoms with Gasteiger partial charge in [0.25, 0.3) is 10.0 Å². The number of hydrogen-bond acceptors (Lipinski definition) is 6. The number of aromatic nitrogens is 1. The fourth-order valence-corrected chi connectivity index (χ4v) is 6.33. The average Bonchev–Trinajstić information content (AvgIpc) is 3.09. The van der Waals surface area contributed by atoms with Gasteiger partial charge in [0.1, 0.15) is 0 Å². The zero-order valence-corrected chi connectivity index (χ0v) is 17.8. The van der Waals surface area contributed by atoms with E-state index in [1.165, 1.54) is 34.6 Å². The van der Waals surface area contributed by atoms with Gasteiger partial charge in [0.05, 0.1) is 21.0 Å². The molecule has 160 valence electrons. The van der Waals surface area contributed by atoms with E-state index in [0.29, 0.717) is 24.2 Å². The number of anilines is 1. The Bertz CT molecular complexity index is 1370. The van der Waals surface area contributed by atoms with Crippen LogP contribution in [-0.2, 0) is 20.0 Å². The minimum atomic E-state index is -4.03. The molecule has 4 rings (SSSR count). The van der Waals surface area contributed by atoms with Crippen LogP contribution >= 0.6 is 0 Å². The fraction of sp³-hybridized carbons (Fsp3) is 0.316. The van der Waals surface area contributed by atoms with E-state index in [1.54, 1.807) is 13.0 Å². The SMILES string of the molecule is Cc1ccc(NS(=O)(=O)c2ccc3[nH]c(=O)oc3c2)cc1S(=O)(=O)N1CCCCC1. The van der Waals surface area contributed by atoms with E-state index in [0.717, 1.165) is 19.3 Å². The highest BCUT2D eigenvalue weighted by molar-refractivity contribution is 7.92. The van der Waals surface area contributed by atoms with Crippen LogP contribution in [0.5, 0.6) is 0 Å². The molecule has 0 aliphatic carbocycles. The maximum absolute atomic E-state index is 13.0. The predicted molar refractivity (Wildman–Crippen MR) is 111 cm³/mol. The van der Waals surface area contributed by atoms with Crippen LogP contribution in [0.4, 0.5) is 5.69 Å². The number of H-pyrrole nitrogens is 1. The molecule has 0 amide bonds. The van der Waals surface area contributed by atoms with Crippen molar-refractivity contribution in [3.63, 3.8) is 0 Å². The minimum Gasteiger partial charge on any atom is -0.408 e. The summed E-state index contributed by atoms with van der Waals surface area (Å²) in [5.74, 6) is -0.682. The topological polar surface area (TPSA) is 130 Å². The number of piperidine rings is 1. The molecular weight excluding hydrogens is 430 g/mol. The van der Waals surface area contributed by atoms with Gasteiger partial charge in [-0.15, -0.1) is 0 Å². The van der Waals surface area contributed by atoms with E-state index < -0.39 is 25.8 Å². The number of aryl methyl sites for hydroxylation is 1. The molecule has 1 aliphatic rings. The highest BCUT2D eigenvalue weighted by Crippen LogP contribution is 2.27. The van der Waals surface area contributed by atoms with Gasteiger partial charge < -0.3 is 4.42 Å². The van der Waals surface area contributed by atoms with Gasteiger partial charge in [0.2, 0.25) is 10.0 Å². The molecule has 30 heavy (non-hydrogen) atoms. The molecule has 0 radical (unpaired) electrons. The quantitative estimate of drug-likeness (QED) is 0.613. The van der Waals surface area contributed by atoms with Crippen molar-refractivity contribution in [2.75, 3.05) is 17.8 Å².